The van der Waals surface area contributed by atoms with Crippen molar-refractivity contribution in [2.45, 2.75) is 32.1 Å². The number of hydrogen-bond acceptors (Lipinski definition) is 6. The van der Waals surface area contributed by atoms with E-state index in [1.54, 1.807) is 4.90 Å². The van der Waals surface area contributed by atoms with E-state index in [2.05, 4.69) is 27.3 Å². The number of benzene rings is 1. The standard InChI is InChI=1S/C21H24F3N5O2/c22-21(23,24)13-31-18-9-16-19(20(25)27-18)26-17(30)12-29(16)11-15-5-3-4-14(8-15)10-28-6-1-2-7-28/h3-5,8-9H,1-2,6-7,10-13H2,(H2,25,27)(H,26,30). The van der Waals surface area contributed by atoms with Gasteiger partial charge in [0, 0.05) is 19.2 Å². The van der Waals surface area contributed by atoms with E-state index < -0.39 is 12.8 Å². The number of fused-ring (bicyclic) bond motifs is 1. The van der Waals surface area contributed by atoms with E-state index in [0.717, 1.165) is 25.2 Å². The number of anilines is 3. The van der Waals surface area contributed by atoms with E-state index in [9.17, 15) is 18.0 Å². The fourth-order valence-corrected chi connectivity index (χ4v) is 3.96. The predicted octanol–water partition coefficient (Wildman–Crippen LogP) is 3.16. The number of alkyl halides is 3. The molecule has 3 heterocycles. The number of likely N-dealkylation sites (tertiary alicyclic amines) is 1. The Labute approximate surface area is 178 Å². The third kappa shape index (κ3) is 5.38. The molecule has 0 saturated carbocycles. The second kappa shape index (κ2) is 8.62. The largest absolute Gasteiger partial charge is 0.468 e. The van der Waals surface area contributed by atoms with Gasteiger partial charge >= 0.3 is 6.18 Å². The summed E-state index contributed by atoms with van der Waals surface area (Å²) in [5, 5.41) is 2.65. The smallest absolute Gasteiger partial charge is 0.422 e. The maximum absolute atomic E-state index is 12.5. The lowest BCUT2D eigenvalue weighted by Crippen LogP contribution is -2.38. The van der Waals surface area contributed by atoms with Crippen molar-refractivity contribution >= 4 is 23.1 Å². The Morgan fingerprint density at radius 1 is 1.13 bits per heavy atom. The van der Waals surface area contributed by atoms with Crippen molar-refractivity contribution in [2.75, 3.05) is 42.2 Å². The van der Waals surface area contributed by atoms with Gasteiger partial charge in [-0.1, -0.05) is 24.3 Å². The molecule has 2 aromatic rings. The van der Waals surface area contributed by atoms with Crippen LogP contribution in [-0.2, 0) is 17.9 Å². The third-order valence-corrected chi connectivity index (χ3v) is 5.30. The van der Waals surface area contributed by atoms with Gasteiger partial charge in [-0.05, 0) is 37.1 Å². The van der Waals surface area contributed by atoms with Gasteiger partial charge in [0.25, 0.3) is 0 Å². The van der Waals surface area contributed by atoms with Crippen LogP contribution in [0.25, 0.3) is 0 Å². The molecular formula is C21H24F3N5O2. The maximum Gasteiger partial charge on any atom is 0.422 e. The second-order valence-electron chi connectivity index (χ2n) is 7.85. The minimum Gasteiger partial charge on any atom is -0.468 e. The number of nitrogens with zero attached hydrogens (tertiary/aromatic N) is 3. The first-order valence-electron chi connectivity index (χ1n) is 10.1. The number of rotatable bonds is 6. The van der Waals surface area contributed by atoms with Gasteiger partial charge in [0.05, 0.1) is 12.2 Å². The number of nitrogens with one attached hydrogen (secondary N) is 1. The summed E-state index contributed by atoms with van der Waals surface area (Å²) in [6.45, 7) is 2.04. The zero-order valence-corrected chi connectivity index (χ0v) is 16.9. The summed E-state index contributed by atoms with van der Waals surface area (Å²) in [4.78, 5) is 20.2. The summed E-state index contributed by atoms with van der Waals surface area (Å²) < 4.78 is 42.3. The van der Waals surface area contributed by atoms with Crippen LogP contribution in [0.1, 0.15) is 24.0 Å². The zero-order chi connectivity index (χ0) is 22.0. The minimum atomic E-state index is -4.49. The van der Waals surface area contributed by atoms with Gasteiger partial charge in [-0.3, -0.25) is 9.69 Å². The predicted molar refractivity (Wildman–Crippen MR) is 111 cm³/mol. The Kier molecular flexibility index (Phi) is 5.90. The first-order chi connectivity index (χ1) is 14.8. The van der Waals surface area contributed by atoms with Crippen molar-refractivity contribution < 1.29 is 22.7 Å². The number of pyridine rings is 1. The topological polar surface area (TPSA) is 83.7 Å². The molecule has 1 aromatic heterocycles. The van der Waals surface area contributed by atoms with E-state index in [-0.39, 0.29) is 29.8 Å². The number of nitrogen functional groups attached to an aromatic ring is 1. The molecule has 1 amide bonds. The van der Waals surface area contributed by atoms with Gasteiger partial charge in [-0.15, -0.1) is 0 Å². The van der Waals surface area contributed by atoms with Crippen molar-refractivity contribution in [2.24, 2.45) is 0 Å². The fourth-order valence-electron chi connectivity index (χ4n) is 3.96. The SMILES string of the molecule is Nc1nc(OCC(F)(F)F)cc2c1NC(=O)CN2Cc1cccc(CN2CCCC2)c1. The van der Waals surface area contributed by atoms with Crippen LogP contribution in [-0.4, -0.2) is 48.2 Å². The van der Waals surface area contributed by atoms with E-state index in [1.165, 1.54) is 24.5 Å². The quantitative estimate of drug-likeness (QED) is 0.725. The summed E-state index contributed by atoms with van der Waals surface area (Å²) in [6.07, 6.45) is -2.06. The number of ether oxygens (including phenoxy) is 1. The second-order valence-corrected chi connectivity index (χ2v) is 7.85. The molecule has 0 aliphatic carbocycles. The highest BCUT2D eigenvalue weighted by Crippen LogP contribution is 2.37. The molecule has 4 rings (SSSR count). The first kappa shape index (κ1) is 21.2. The molecule has 2 aliphatic heterocycles. The van der Waals surface area contributed by atoms with Crippen LogP contribution in [0.15, 0.2) is 30.3 Å². The Balaban J connectivity index is 1.55. The minimum absolute atomic E-state index is 0.0471. The van der Waals surface area contributed by atoms with Crippen molar-refractivity contribution in [3.63, 3.8) is 0 Å². The van der Waals surface area contributed by atoms with Gasteiger partial charge < -0.3 is 20.7 Å². The van der Waals surface area contributed by atoms with Crippen molar-refractivity contribution in [1.82, 2.24) is 9.88 Å². The lowest BCUT2D eigenvalue weighted by molar-refractivity contribution is -0.154. The molecule has 0 unspecified atom stereocenters. The number of hydrogen-bond donors (Lipinski definition) is 2. The van der Waals surface area contributed by atoms with Crippen molar-refractivity contribution in [3.05, 3.63) is 41.5 Å². The Morgan fingerprint density at radius 3 is 2.55 bits per heavy atom. The van der Waals surface area contributed by atoms with Crippen LogP contribution in [0.4, 0.5) is 30.4 Å². The number of nitrogens with two attached hydrogens (primary N) is 1. The normalized spacial score (nSPS) is 16.9. The third-order valence-electron chi connectivity index (χ3n) is 5.30. The highest BCUT2D eigenvalue weighted by atomic mass is 19.4. The molecule has 10 heteroatoms. The molecule has 31 heavy (non-hydrogen) atoms. The molecule has 2 aliphatic rings. The van der Waals surface area contributed by atoms with E-state index in [4.69, 9.17) is 10.5 Å². The molecule has 1 fully saturated rings. The molecule has 3 N–H and O–H groups in total. The van der Waals surface area contributed by atoms with E-state index >= 15 is 0 Å². The molecule has 166 valence electrons. The Morgan fingerprint density at radius 2 is 1.84 bits per heavy atom. The number of amides is 1. The summed E-state index contributed by atoms with van der Waals surface area (Å²) in [5.74, 6) is -0.591. The van der Waals surface area contributed by atoms with E-state index in [1.807, 2.05) is 12.1 Å². The van der Waals surface area contributed by atoms with Crippen molar-refractivity contribution in [3.8, 4) is 5.88 Å². The fraction of sp³-hybridized carbons (Fsp3) is 0.429. The van der Waals surface area contributed by atoms with Gasteiger partial charge in [0.15, 0.2) is 12.4 Å². The highest BCUT2D eigenvalue weighted by molar-refractivity contribution is 6.04. The Bertz CT molecular complexity index is 961. The van der Waals surface area contributed by atoms with Gasteiger partial charge in [-0.2, -0.15) is 18.2 Å². The molecule has 0 radical (unpaired) electrons. The van der Waals surface area contributed by atoms with Crippen LogP contribution < -0.4 is 20.7 Å². The van der Waals surface area contributed by atoms with Crippen LogP contribution in [0.3, 0.4) is 0 Å². The summed E-state index contributed by atoms with van der Waals surface area (Å²) in [5.41, 5.74) is 8.83. The van der Waals surface area contributed by atoms with Gasteiger partial charge in [-0.25, -0.2) is 0 Å². The molecule has 0 bridgehead atoms. The molecule has 0 atom stereocenters. The Hall–Kier alpha value is -3.01. The number of carbonyl (C=O) groups is 1. The van der Waals surface area contributed by atoms with Crippen LogP contribution in [0.2, 0.25) is 0 Å². The lowest BCUT2D eigenvalue weighted by Gasteiger charge is -2.31. The lowest BCUT2D eigenvalue weighted by atomic mass is 10.1. The summed E-state index contributed by atoms with van der Waals surface area (Å²) in [6, 6.07) is 9.49. The van der Waals surface area contributed by atoms with Gasteiger partial charge in [0.1, 0.15) is 5.69 Å². The molecular weight excluding hydrogens is 411 g/mol. The van der Waals surface area contributed by atoms with Crippen LogP contribution >= 0.6 is 0 Å². The molecule has 1 saturated heterocycles. The monoisotopic (exact) mass is 435 g/mol. The van der Waals surface area contributed by atoms with Crippen LogP contribution in [0.5, 0.6) is 5.88 Å². The summed E-state index contributed by atoms with van der Waals surface area (Å²) in [7, 11) is 0. The molecule has 1 aromatic carbocycles. The average Bonchev–Trinajstić information content (AvgIpc) is 3.20. The van der Waals surface area contributed by atoms with Crippen LogP contribution in [0, 0.1) is 0 Å². The molecule has 0 spiro atoms. The summed E-state index contributed by atoms with van der Waals surface area (Å²) >= 11 is 0. The average molecular weight is 435 g/mol. The van der Waals surface area contributed by atoms with Gasteiger partial charge in [0.2, 0.25) is 11.8 Å². The van der Waals surface area contributed by atoms with E-state index in [0.29, 0.717) is 12.2 Å². The highest BCUT2D eigenvalue weighted by Gasteiger charge is 2.30. The number of halogens is 3. The number of carbonyl (C=O) groups excluding carboxylic acids is 1. The molecule has 7 nitrogen and oxygen atoms in total. The van der Waals surface area contributed by atoms with Crippen molar-refractivity contribution in [1.29, 1.82) is 0 Å². The maximum atomic E-state index is 12.5. The zero-order valence-electron chi connectivity index (χ0n) is 16.9. The first-order valence-corrected chi connectivity index (χ1v) is 10.1. The number of aromatic nitrogens is 1.